The van der Waals surface area contributed by atoms with Crippen LogP contribution in [0.2, 0.25) is 0 Å². The monoisotopic (exact) mass is 292 g/mol. The molecule has 1 atom stereocenters. The van der Waals surface area contributed by atoms with E-state index in [1.807, 2.05) is 20.8 Å². The first-order valence-electron chi connectivity index (χ1n) is 7.19. The van der Waals surface area contributed by atoms with Crippen LogP contribution in [-0.4, -0.2) is 9.85 Å². The molecule has 0 N–H and O–H groups in total. The van der Waals surface area contributed by atoms with E-state index in [9.17, 15) is 20.2 Å². The summed E-state index contributed by atoms with van der Waals surface area (Å²) in [4.78, 5) is 22.0. The Labute approximate surface area is 123 Å². The molecule has 21 heavy (non-hydrogen) atoms. The van der Waals surface area contributed by atoms with Gasteiger partial charge in [0, 0.05) is 11.6 Å². The Morgan fingerprint density at radius 2 is 1.90 bits per heavy atom. The maximum absolute atomic E-state index is 11.6. The standard InChI is InChI=1S/C15H20N2O4/c1-5-10-12(16(18)19)8-11-9(2)6-7-15(3,4)13(11)14(10)17(20)21/h8-9H,5-7H2,1-4H3. The molecule has 0 spiro atoms. The van der Waals surface area contributed by atoms with Crippen LogP contribution in [0, 0.1) is 20.2 Å². The number of rotatable bonds is 3. The van der Waals surface area contributed by atoms with Crippen LogP contribution in [0.5, 0.6) is 0 Å². The Kier molecular flexibility index (Phi) is 3.74. The van der Waals surface area contributed by atoms with E-state index in [-0.39, 0.29) is 34.7 Å². The molecular formula is C15H20N2O4. The number of nitro groups is 2. The van der Waals surface area contributed by atoms with Gasteiger partial charge < -0.3 is 0 Å². The minimum absolute atomic E-state index is 0.0433. The normalized spacial score (nSPS) is 19.9. The second kappa shape index (κ2) is 5.09. The van der Waals surface area contributed by atoms with Crippen LogP contribution in [0.15, 0.2) is 6.07 Å². The highest BCUT2D eigenvalue weighted by atomic mass is 16.6. The van der Waals surface area contributed by atoms with E-state index < -0.39 is 9.85 Å². The number of nitro benzene ring substituents is 2. The molecule has 0 saturated heterocycles. The average Bonchev–Trinajstić information content (AvgIpc) is 2.40. The molecule has 0 radical (unpaired) electrons. The Hall–Kier alpha value is -1.98. The Balaban J connectivity index is 2.93. The third-order valence-corrected chi connectivity index (χ3v) is 4.56. The minimum atomic E-state index is -0.500. The lowest BCUT2D eigenvalue weighted by atomic mass is 9.67. The van der Waals surface area contributed by atoms with Crippen LogP contribution in [0.3, 0.4) is 0 Å². The lowest BCUT2D eigenvalue weighted by molar-refractivity contribution is -0.396. The van der Waals surface area contributed by atoms with Gasteiger partial charge in [-0.2, -0.15) is 0 Å². The summed E-state index contributed by atoms with van der Waals surface area (Å²) in [6, 6.07) is 1.56. The summed E-state index contributed by atoms with van der Waals surface area (Å²) >= 11 is 0. The zero-order chi connectivity index (χ0) is 15.9. The summed E-state index contributed by atoms with van der Waals surface area (Å²) in [6.45, 7) is 7.67. The first kappa shape index (κ1) is 15.4. The van der Waals surface area contributed by atoms with Crippen LogP contribution in [0.4, 0.5) is 11.4 Å². The fourth-order valence-electron chi connectivity index (χ4n) is 3.39. The largest absolute Gasteiger partial charge is 0.283 e. The number of fused-ring (bicyclic) bond motifs is 1. The van der Waals surface area contributed by atoms with Gasteiger partial charge in [0.1, 0.15) is 5.56 Å². The smallest absolute Gasteiger partial charge is 0.258 e. The lowest BCUT2D eigenvalue weighted by Gasteiger charge is -2.35. The first-order valence-corrected chi connectivity index (χ1v) is 7.19. The maximum atomic E-state index is 11.6. The number of hydrogen-bond donors (Lipinski definition) is 0. The zero-order valence-corrected chi connectivity index (χ0v) is 12.8. The fraction of sp³-hybridized carbons (Fsp3) is 0.600. The van der Waals surface area contributed by atoms with E-state index >= 15 is 0 Å². The Morgan fingerprint density at radius 1 is 1.29 bits per heavy atom. The topological polar surface area (TPSA) is 86.3 Å². The molecule has 0 amide bonds. The molecule has 0 aromatic heterocycles. The van der Waals surface area contributed by atoms with Gasteiger partial charge in [-0.15, -0.1) is 0 Å². The van der Waals surface area contributed by atoms with Crippen LogP contribution in [0.1, 0.15) is 63.1 Å². The molecule has 0 fully saturated rings. The first-order chi connectivity index (χ1) is 9.70. The molecule has 2 rings (SSSR count). The van der Waals surface area contributed by atoms with Crippen molar-refractivity contribution in [2.24, 2.45) is 0 Å². The molecule has 0 heterocycles. The summed E-state index contributed by atoms with van der Waals surface area (Å²) in [6.07, 6.45) is 2.02. The van der Waals surface area contributed by atoms with Crippen LogP contribution in [-0.2, 0) is 11.8 Å². The molecule has 1 aromatic rings. The third-order valence-electron chi connectivity index (χ3n) is 4.56. The van der Waals surface area contributed by atoms with Crippen molar-refractivity contribution in [1.82, 2.24) is 0 Å². The number of hydrogen-bond acceptors (Lipinski definition) is 4. The second-order valence-electron chi connectivity index (χ2n) is 6.38. The minimum Gasteiger partial charge on any atom is -0.258 e. The van der Waals surface area contributed by atoms with Gasteiger partial charge in [0.15, 0.2) is 0 Å². The SMILES string of the molecule is CCc1c([N+](=O)[O-])cc2c(c1[N+](=O)[O-])C(C)(C)CCC2C. The van der Waals surface area contributed by atoms with Gasteiger partial charge in [-0.05, 0) is 36.2 Å². The summed E-state index contributed by atoms with van der Waals surface area (Å²) in [5.74, 6) is 0.108. The predicted molar refractivity (Wildman–Crippen MR) is 79.8 cm³/mol. The third kappa shape index (κ3) is 2.39. The van der Waals surface area contributed by atoms with Crippen molar-refractivity contribution in [2.75, 3.05) is 0 Å². The molecule has 1 aliphatic carbocycles. The van der Waals surface area contributed by atoms with Crippen molar-refractivity contribution in [1.29, 1.82) is 0 Å². The Bertz CT molecular complexity index is 623. The number of nitrogens with zero attached hydrogens (tertiary/aromatic N) is 2. The van der Waals surface area contributed by atoms with Crippen LogP contribution in [0.25, 0.3) is 0 Å². The van der Waals surface area contributed by atoms with E-state index in [0.29, 0.717) is 5.56 Å². The van der Waals surface area contributed by atoms with Gasteiger partial charge in [-0.25, -0.2) is 0 Å². The highest BCUT2D eigenvalue weighted by Gasteiger charge is 2.41. The van der Waals surface area contributed by atoms with E-state index in [1.54, 1.807) is 13.0 Å². The van der Waals surface area contributed by atoms with E-state index in [0.717, 1.165) is 18.4 Å². The maximum Gasteiger partial charge on any atom is 0.283 e. The van der Waals surface area contributed by atoms with E-state index in [4.69, 9.17) is 0 Å². The summed E-state index contributed by atoms with van der Waals surface area (Å²) in [5.41, 5.74) is 1.20. The molecular weight excluding hydrogens is 272 g/mol. The zero-order valence-electron chi connectivity index (χ0n) is 12.8. The quantitative estimate of drug-likeness (QED) is 0.615. The van der Waals surface area contributed by atoms with Gasteiger partial charge in [-0.3, -0.25) is 20.2 Å². The molecule has 0 saturated carbocycles. The van der Waals surface area contributed by atoms with Gasteiger partial charge >= 0.3 is 0 Å². The summed E-state index contributed by atoms with van der Waals surface area (Å²) < 4.78 is 0. The predicted octanol–water partition coefficient (Wildman–Crippen LogP) is 4.24. The highest BCUT2D eigenvalue weighted by molar-refractivity contribution is 5.65. The van der Waals surface area contributed by atoms with E-state index in [1.165, 1.54) is 0 Å². The summed E-state index contributed by atoms with van der Waals surface area (Å²) in [5, 5.41) is 22.9. The molecule has 6 nitrogen and oxygen atoms in total. The van der Waals surface area contributed by atoms with Crippen molar-refractivity contribution in [3.05, 3.63) is 43.0 Å². The van der Waals surface area contributed by atoms with Crippen molar-refractivity contribution < 1.29 is 9.85 Å². The fourth-order valence-corrected chi connectivity index (χ4v) is 3.39. The van der Waals surface area contributed by atoms with Gasteiger partial charge in [0.25, 0.3) is 11.4 Å². The molecule has 114 valence electrons. The molecule has 0 aliphatic heterocycles. The molecule has 1 aliphatic rings. The average molecular weight is 292 g/mol. The highest BCUT2D eigenvalue weighted by Crippen LogP contribution is 2.50. The molecule has 1 unspecified atom stereocenters. The van der Waals surface area contributed by atoms with Gasteiger partial charge in [0.05, 0.1) is 9.85 Å². The van der Waals surface area contributed by atoms with Gasteiger partial charge in [0.2, 0.25) is 0 Å². The second-order valence-corrected chi connectivity index (χ2v) is 6.38. The van der Waals surface area contributed by atoms with E-state index in [2.05, 4.69) is 0 Å². The van der Waals surface area contributed by atoms with Crippen LogP contribution >= 0.6 is 0 Å². The number of benzene rings is 1. The van der Waals surface area contributed by atoms with Crippen LogP contribution < -0.4 is 0 Å². The van der Waals surface area contributed by atoms with Crippen molar-refractivity contribution in [3.63, 3.8) is 0 Å². The van der Waals surface area contributed by atoms with Crippen molar-refractivity contribution >= 4 is 11.4 Å². The van der Waals surface area contributed by atoms with Crippen molar-refractivity contribution in [3.8, 4) is 0 Å². The molecule has 6 heteroatoms. The Morgan fingerprint density at radius 3 is 2.38 bits per heavy atom. The lowest BCUT2D eigenvalue weighted by Crippen LogP contribution is -2.27. The molecule has 0 bridgehead atoms. The molecule has 1 aromatic carbocycles. The van der Waals surface area contributed by atoms with Gasteiger partial charge in [-0.1, -0.05) is 27.7 Å². The van der Waals surface area contributed by atoms with Crippen molar-refractivity contribution in [2.45, 2.75) is 58.3 Å². The summed E-state index contributed by atoms with van der Waals surface area (Å²) in [7, 11) is 0.